The molecule has 0 atom stereocenters. The van der Waals surface area contributed by atoms with Gasteiger partial charge >= 0.3 is 0 Å². The zero-order chi connectivity index (χ0) is 20.2. The van der Waals surface area contributed by atoms with E-state index in [1.54, 1.807) is 12.1 Å². The number of H-pyrrole nitrogens is 1. The minimum Gasteiger partial charge on any atom is -0.342 e. The molecular formula is C21H26FN5O2. The summed E-state index contributed by atoms with van der Waals surface area (Å²) in [5.41, 5.74) is 1.80. The van der Waals surface area contributed by atoms with Crippen LogP contribution in [0.15, 0.2) is 30.5 Å². The lowest BCUT2D eigenvalue weighted by Gasteiger charge is -2.24. The molecule has 2 fully saturated rings. The highest BCUT2D eigenvalue weighted by Crippen LogP contribution is 2.23. The molecule has 1 aromatic carbocycles. The predicted molar refractivity (Wildman–Crippen MR) is 107 cm³/mol. The van der Waals surface area contributed by atoms with E-state index in [-0.39, 0.29) is 17.6 Å². The van der Waals surface area contributed by atoms with Crippen molar-refractivity contribution in [1.82, 2.24) is 24.9 Å². The molecule has 2 saturated heterocycles. The number of carbonyl (C=O) groups excluding carboxylic acids is 2. The van der Waals surface area contributed by atoms with Crippen LogP contribution in [0.1, 0.15) is 29.6 Å². The van der Waals surface area contributed by atoms with Crippen LogP contribution in [-0.4, -0.2) is 82.5 Å². The maximum atomic E-state index is 13.2. The predicted octanol–water partition coefficient (Wildman–Crippen LogP) is 1.99. The largest absolute Gasteiger partial charge is 0.342 e. The molecular weight excluding hydrogens is 373 g/mol. The van der Waals surface area contributed by atoms with Crippen molar-refractivity contribution in [2.45, 2.75) is 19.3 Å². The van der Waals surface area contributed by atoms with E-state index in [1.807, 2.05) is 9.80 Å². The first kappa shape index (κ1) is 19.6. The van der Waals surface area contributed by atoms with E-state index in [9.17, 15) is 14.0 Å². The van der Waals surface area contributed by atoms with Gasteiger partial charge in [-0.15, -0.1) is 0 Å². The lowest BCUT2D eigenvalue weighted by atomic mass is 10.1. The van der Waals surface area contributed by atoms with E-state index < -0.39 is 0 Å². The van der Waals surface area contributed by atoms with Crippen LogP contribution in [0.5, 0.6) is 0 Å². The molecule has 7 nitrogen and oxygen atoms in total. The SMILES string of the molecule is O=C(CN1CCCN(C(=O)c2cn[nH]c2-c2ccc(F)cc2)CC1)N1CCCC1. The summed E-state index contributed by atoms with van der Waals surface area (Å²) in [6.45, 7) is 4.85. The first-order chi connectivity index (χ1) is 14.1. The number of aromatic amines is 1. The van der Waals surface area contributed by atoms with Gasteiger partial charge in [-0.3, -0.25) is 19.6 Å². The standard InChI is InChI=1S/C21H26FN5O2/c22-17-6-4-16(5-7-17)20-18(14-23-24-20)21(29)27-11-3-8-25(12-13-27)15-19(28)26-9-1-2-10-26/h4-7,14H,1-3,8-13,15H2,(H,23,24). The molecule has 154 valence electrons. The highest BCUT2D eigenvalue weighted by atomic mass is 19.1. The van der Waals surface area contributed by atoms with Crippen LogP contribution in [0.3, 0.4) is 0 Å². The lowest BCUT2D eigenvalue weighted by Crippen LogP contribution is -2.41. The number of amides is 2. The maximum absolute atomic E-state index is 13.2. The van der Waals surface area contributed by atoms with Crippen molar-refractivity contribution in [2.24, 2.45) is 0 Å². The summed E-state index contributed by atoms with van der Waals surface area (Å²) in [5, 5.41) is 6.89. The summed E-state index contributed by atoms with van der Waals surface area (Å²) in [6.07, 6.45) is 4.54. The molecule has 1 N–H and O–H groups in total. The molecule has 0 bridgehead atoms. The van der Waals surface area contributed by atoms with Crippen LogP contribution in [-0.2, 0) is 4.79 Å². The second-order valence-electron chi connectivity index (χ2n) is 7.68. The fourth-order valence-electron chi connectivity index (χ4n) is 4.05. The Morgan fingerprint density at radius 3 is 2.41 bits per heavy atom. The third kappa shape index (κ3) is 4.48. The van der Waals surface area contributed by atoms with Crippen LogP contribution < -0.4 is 0 Å². The number of halogens is 1. The molecule has 1 aromatic heterocycles. The van der Waals surface area contributed by atoms with Gasteiger partial charge in [-0.25, -0.2) is 4.39 Å². The summed E-state index contributed by atoms with van der Waals surface area (Å²) in [4.78, 5) is 31.4. The van der Waals surface area contributed by atoms with Gasteiger partial charge in [-0.2, -0.15) is 5.10 Å². The molecule has 3 heterocycles. The Hall–Kier alpha value is -2.74. The van der Waals surface area contributed by atoms with Crippen molar-refractivity contribution in [3.05, 3.63) is 41.8 Å². The second kappa shape index (κ2) is 8.73. The first-order valence-corrected chi connectivity index (χ1v) is 10.2. The van der Waals surface area contributed by atoms with Crippen molar-refractivity contribution in [1.29, 1.82) is 0 Å². The van der Waals surface area contributed by atoms with Gasteiger partial charge in [0, 0.05) is 44.8 Å². The fourth-order valence-corrected chi connectivity index (χ4v) is 4.05. The van der Waals surface area contributed by atoms with Gasteiger partial charge in [-0.05, 0) is 43.5 Å². The maximum Gasteiger partial charge on any atom is 0.257 e. The quantitative estimate of drug-likeness (QED) is 0.854. The number of nitrogens with one attached hydrogen (secondary N) is 1. The molecule has 0 saturated carbocycles. The number of nitrogens with zero attached hydrogens (tertiary/aromatic N) is 4. The molecule has 0 unspecified atom stereocenters. The Morgan fingerprint density at radius 2 is 1.66 bits per heavy atom. The first-order valence-electron chi connectivity index (χ1n) is 10.2. The number of carbonyl (C=O) groups is 2. The zero-order valence-corrected chi connectivity index (χ0v) is 16.4. The van der Waals surface area contributed by atoms with Gasteiger partial charge in [0.25, 0.3) is 5.91 Å². The van der Waals surface area contributed by atoms with Crippen LogP contribution in [0.25, 0.3) is 11.3 Å². The van der Waals surface area contributed by atoms with E-state index in [0.29, 0.717) is 37.4 Å². The third-order valence-electron chi connectivity index (χ3n) is 5.70. The average molecular weight is 399 g/mol. The number of likely N-dealkylation sites (tertiary alicyclic amines) is 1. The Bertz CT molecular complexity index is 860. The summed E-state index contributed by atoms with van der Waals surface area (Å²) in [6, 6.07) is 6.00. The highest BCUT2D eigenvalue weighted by molar-refractivity contribution is 5.99. The van der Waals surface area contributed by atoms with Gasteiger partial charge in [-0.1, -0.05) is 0 Å². The average Bonchev–Trinajstić information content (AvgIpc) is 3.38. The van der Waals surface area contributed by atoms with Gasteiger partial charge in [0.15, 0.2) is 0 Å². The molecule has 0 spiro atoms. The van der Waals surface area contributed by atoms with Crippen LogP contribution in [0.4, 0.5) is 4.39 Å². The van der Waals surface area contributed by atoms with E-state index in [0.717, 1.165) is 44.5 Å². The molecule has 4 rings (SSSR count). The summed E-state index contributed by atoms with van der Waals surface area (Å²) in [7, 11) is 0. The Morgan fingerprint density at radius 1 is 0.931 bits per heavy atom. The minimum absolute atomic E-state index is 0.0919. The molecule has 8 heteroatoms. The Labute approximate surface area is 169 Å². The fraction of sp³-hybridized carbons (Fsp3) is 0.476. The van der Waals surface area contributed by atoms with E-state index in [2.05, 4.69) is 15.1 Å². The molecule has 2 aromatic rings. The Balaban J connectivity index is 1.39. The topological polar surface area (TPSA) is 72.5 Å². The normalized spacial score (nSPS) is 18.1. The zero-order valence-electron chi connectivity index (χ0n) is 16.4. The molecule has 2 aliphatic rings. The summed E-state index contributed by atoms with van der Waals surface area (Å²) in [5.74, 6) is -0.223. The van der Waals surface area contributed by atoms with Crippen molar-refractivity contribution >= 4 is 11.8 Å². The van der Waals surface area contributed by atoms with Crippen molar-refractivity contribution in [2.75, 3.05) is 45.8 Å². The van der Waals surface area contributed by atoms with Gasteiger partial charge in [0.1, 0.15) is 5.82 Å². The molecule has 2 amide bonds. The number of rotatable bonds is 4. The van der Waals surface area contributed by atoms with E-state index in [4.69, 9.17) is 0 Å². The van der Waals surface area contributed by atoms with Gasteiger partial charge < -0.3 is 9.80 Å². The number of hydrogen-bond donors (Lipinski definition) is 1. The third-order valence-corrected chi connectivity index (χ3v) is 5.70. The highest BCUT2D eigenvalue weighted by Gasteiger charge is 2.26. The molecule has 0 aliphatic carbocycles. The monoisotopic (exact) mass is 399 g/mol. The number of benzene rings is 1. The molecule has 29 heavy (non-hydrogen) atoms. The van der Waals surface area contributed by atoms with Crippen LogP contribution in [0, 0.1) is 5.82 Å². The second-order valence-corrected chi connectivity index (χ2v) is 7.68. The molecule has 0 radical (unpaired) electrons. The minimum atomic E-state index is -0.322. The van der Waals surface area contributed by atoms with Crippen molar-refractivity contribution < 1.29 is 14.0 Å². The number of hydrogen-bond acceptors (Lipinski definition) is 4. The van der Waals surface area contributed by atoms with Gasteiger partial charge in [0.05, 0.1) is 24.0 Å². The summed E-state index contributed by atoms with van der Waals surface area (Å²) >= 11 is 0. The van der Waals surface area contributed by atoms with Crippen molar-refractivity contribution in [3.63, 3.8) is 0 Å². The smallest absolute Gasteiger partial charge is 0.257 e. The van der Waals surface area contributed by atoms with Gasteiger partial charge in [0.2, 0.25) is 5.91 Å². The lowest BCUT2D eigenvalue weighted by molar-refractivity contribution is -0.131. The number of aromatic nitrogens is 2. The van der Waals surface area contributed by atoms with E-state index >= 15 is 0 Å². The molecule has 2 aliphatic heterocycles. The van der Waals surface area contributed by atoms with Crippen LogP contribution >= 0.6 is 0 Å². The summed E-state index contributed by atoms with van der Waals surface area (Å²) < 4.78 is 13.2. The van der Waals surface area contributed by atoms with Crippen LogP contribution in [0.2, 0.25) is 0 Å². The van der Waals surface area contributed by atoms with Crippen molar-refractivity contribution in [3.8, 4) is 11.3 Å². The Kier molecular flexibility index (Phi) is 5.89. The van der Waals surface area contributed by atoms with E-state index in [1.165, 1.54) is 18.3 Å².